The van der Waals surface area contributed by atoms with Gasteiger partial charge in [-0.2, -0.15) is 12.7 Å². The maximum atomic E-state index is 6.84. The summed E-state index contributed by atoms with van der Waals surface area (Å²) in [5, 5.41) is 0. The fourth-order valence-electron chi connectivity index (χ4n) is 2.65. The number of benzene rings is 2. The summed E-state index contributed by atoms with van der Waals surface area (Å²) in [5.41, 5.74) is 3.37. The van der Waals surface area contributed by atoms with Crippen molar-refractivity contribution in [3.05, 3.63) is 110 Å². The van der Waals surface area contributed by atoms with Crippen LogP contribution in [0.25, 0.3) is 9.69 Å². The molecule has 0 fully saturated rings. The molecule has 7 heteroatoms. The van der Waals surface area contributed by atoms with Gasteiger partial charge in [0.25, 0.3) is 0 Å². The second-order valence-corrected chi connectivity index (χ2v) is 6.32. The molecule has 0 aromatic heterocycles. The van der Waals surface area contributed by atoms with Crippen LogP contribution in [-0.2, 0) is 20.1 Å². The van der Waals surface area contributed by atoms with Crippen LogP contribution in [-0.4, -0.2) is 30.6 Å². The number of hydrogen-bond acceptors (Lipinski definition) is 4. The van der Waals surface area contributed by atoms with Gasteiger partial charge in [-0.1, -0.05) is 24.3 Å². The van der Waals surface area contributed by atoms with Crippen molar-refractivity contribution in [3.8, 4) is 0 Å². The summed E-state index contributed by atoms with van der Waals surface area (Å²) in [6, 6.07) is 16.0. The van der Waals surface area contributed by atoms with Gasteiger partial charge >= 0.3 is 0 Å². The van der Waals surface area contributed by atoms with Crippen LogP contribution < -0.4 is 9.80 Å². The SMILES string of the molecule is [C-]#[N+]c1c[c-]c(N2C=CN(C)[CH-]2)cc1.[C-]#[N+]c1ccc(N2C=CN(C)C2)cc1.[CH3-].[Ir]. The zero-order valence-electron chi connectivity index (χ0n) is 17.2. The Hall–Kier alpha value is -3.25. The van der Waals surface area contributed by atoms with E-state index in [-0.39, 0.29) is 27.5 Å². The molecule has 0 aliphatic carbocycles. The van der Waals surface area contributed by atoms with Gasteiger partial charge in [0.05, 0.1) is 13.2 Å². The molecule has 2 aliphatic heterocycles. The monoisotopic (exact) mass is 576 g/mol. The molecule has 2 heterocycles. The molecule has 157 valence electrons. The molecule has 0 saturated heterocycles. The van der Waals surface area contributed by atoms with E-state index in [9.17, 15) is 0 Å². The first-order valence-electron chi connectivity index (χ1n) is 8.64. The van der Waals surface area contributed by atoms with Gasteiger partial charge in [0.15, 0.2) is 5.69 Å². The fourth-order valence-corrected chi connectivity index (χ4v) is 2.65. The second kappa shape index (κ2) is 11.7. The molecular weight excluding hydrogens is 553 g/mol. The average molecular weight is 576 g/mol. The topological polar surface area (TPSA) is 21.7 Å². The van der Waals surface area contributed by atoms with Crippen molar-refractivity contribution in [3.63, 3.8) is 0 Å². The summed E-state index contributed by atoms with van der Waals surface area (Å²) in [7, 11) is 3.99. The molecule has 30 heavy (non-hydrogen) atoms. The third kappa shape index (κ3) is 6.39. The maximum absolute atomic E-state index is 6.84. The van der Waals surface area contributed by atoms with Gasteiger partial charge in [0.2, 0.25) is 5.69 Å². The van der Waals surface area contributed by atoms with Crippen molar-refractivity contribution in [2.45, 2.75) is 0 Å². The van der Waals surface area contributed by atoms with Crippen LogP contribution in [0.2, 0.25) is 0 Å². The van der Waals surface area contributed by atoms with Gasteiger partial charge in [-0.15, -0.1) is 11.8 Å². The minimum absolute atomic E-state index is 0. The summed E-state index contributed by atoms with van der Waals surface area (Å²) in [6.07, 6.45) is 7.97. The van der Waals surface area contributed by atoms with Crippen LogP contribution in [0.15, 0.2) is 67.3 Å². The fraction of sp³-hybridized carbons (Fsp3) is 0.130. The number of nitrogens with zero attached hydrogens (tertiary/aromatic N) is 6. The van der Waals surface area contributed by atoms with Crippen LogP contribution in [0.4, 0.5) is 22.7 Å². The van der Waals surface area contributed by atoms with Crippen molar-refractivity contribution >= 4 is 22.7 Å². The Balaban J connectivity index is 0.000000281. The molecular formula is C23H23IrN6-3. The molecule has 0 amide bonds. The van der Waals surface area contributed by atoms with Crippen molar-refractivity contribution in [2.24, 2.45) is 0 Å². The summed E-state index contributed by atoms with van der Waals surface area (Å²) in [4.78, 5) is 14.8. The Kier molecular flexibility index (Phi) is 9.65. The molecule has 2 aromatic rings. The Morgan fingerprint density at radius 1 is 0.900 bits per heavy atom. The molecule has 1 radical (unpaired) electrons. The molecule has 4 rings (SSSR count). The second-order valence-electron chi connectivity index (χ2n) is 6.32. The molecule has 2 aliphatic rings. The third-order valence-corrected chi connectivity index (χ3v) is 4.14. The zero-order chi connectivity index (χ0) is 19.9. The predicted octanol–water partition coefficient (Wildman–Crippen LogP) is 5.25. The van der Waals surface area contributed by atoms with Crippen LogP contribution >= 0.6 is 0 Å². The number of anilines is 2. The van der Waals surface area contributed by atoms with Gasteiger partial charge in [0, 0.05) is 45.2 Å². The van der Waals surface area contributed by atoms with Crippen molar-refractivity contribution in [1.29, 1.82) is 0 Å². The third-order valence-electron chi connectivity index (χ3n) is 4.14. The van der Waals surface area contributed by atoms with E-state index in [4.69, 9.17) is 13.1 Å². The Morgan fingerprint density at radius 3 is 2.03 bits per heavy atom. The molecule has 0 unspecified atom stereocenters. The molecule has 2 aromatic carbocycles. The van der Waals surface area contributed by atoms with E-state index in [1.807, 2.05) is 85.7 Å². The average Bonchev–Trinajstić information content (AvgIpc) is 3.37. The Bertz CT molecular complexity index is 858. The van der Waals surface area contributed by atoms with Gasteiger partial charge in [-0.25, -0.2) is 9.69 Å². The normalized spacial score (nSPS) is 13.6. The van der Waals surface area contributed by atoms with Gasteiger partial charge in [-0.3, -0.25) is 0 Å². The van der Waals surface area contributed by atoms with E-state index in [1.165, 1.54) is 0 Å². The van der Waals surface area contributed by atoms with Crippen molar-refractivity contribution in [2.75, 3.05) is 30.6 Å². The van der Waals surface area contributed by atoms with Crippen molar-refractivity contribution < 1.29 is 20.1 Å². The summed E-state index contributed by atoms with van der Waals surface area (Å²) < 4.78 is 0. The summed E-state index contributed by atoms with van der Waals surface area (Å²) in [6.45, 7) is 16.5. The molecule has 0 saturated carbocycles. The molecule has 0 atom stereocenters. The van der Waals surface area contributed by atoms with Crippen LogP contribution in [0, 0.1) is 33.3 Å². The summed E-state index contributed by atoms with van der Waals surface area (Å²) in [5.74, 6) is 0. The largest absolute Gasteiger partial charge is 0.510 e. The Morgan fingerprint density at radius 2 is 1.57 bits per heavy atom. The van der Waals surface area contributed by atoms with E-state index >= 15 is 0 Å². The first-order chi connectivity index (χ1) is 13.6. The molecule has 0 bridgehead atoms. The molecule has 0 spiro atoms. The van der Waals surface area contributed by atoms with E-state index in [0.717, 1.165) is 18.0 Å². The van der Waals surface area contributed by atoms with Gasteiger partial charge in [-0.05, 0) is 31.6 Å². The smallest absolute Gasteiger partial charge is 0.208 e. The zero-order valence-corrected chi connectivity index (χ0v) is 19.5. The van der Waals surface area contributed by atoms with E-state index < -0.39 is 0 Å². The van der Waals surface area contributed by atoms with E-state index in [0.29, 0.717) is 11.4 Å². The minimum Gasteiger partial charge on any atom is -0.510 e. The first-order valence-corrected chi connectivity index (χ1v) is 8.64. The predicted molar refractivity (Wildman–Crippen MR) is 119 cm³/mol. The quantitative estimate of drug-likeness (QED) is 0.457. The first kappa shape index (κ1) is 24.8. The maximum Gasteiger partial charge on any atom is 0.208 e. The summed E-state index contributed by atoms with van der Waals surface area (Å²) >= 11 is 0. The van der Waals surface area contributed by atoms with Gasteiger partial charge in [0.1, 0.15) is 6.57 Å². The Labute approximate surface area is 193 Å². The number of rotatable bonds is 2. The van der Waals surface area contributed by atoms with Crippen LogP contribution in [0.1, 0.15) is 0 Å². The van der Waals surface area contributed by atoms with Crippen LogP contribution in [0.5, 0.6) is 0 Å². The van der Waals surface area contributed by atoms with E-state index in [1.54, 1.807) is 12.1 Å². The van der Waals surface area contributed by atoms with Crippen molar-refractivity contribution in [1.82, 2.24) is 9.80 Å². The van der Waals surface area contributed by atoms with E-state index in [2.05, 4.69) is 25.6 Å². The van der Waals surface area contributed by atoms with Crippen LogP contribution in [0.3, 0.4) is 0 Å². The number of hydrogen-bond donors (Lipinski definition) is 0. The van der Waals surface area contributed by atoms with Gasteiger partial charge < -0.3 is 27.0 Å². The minimum atomic E-state index is 0. The molecule has 0 N–H and O–H groups in total. The molecule has 6 nitrogen and oxygen atoms in total. The standard InChI is InChI=1S/C11H11N3.C11H9N3.CH3.Ir/c2*1-12-10-3-5-11(6-4-10)14-8-7-13(2)9-14;;/h3-8H,9H2,2H3;3-5,7-9H,2H3;1H3;/q;-2;-1;.